The van der Waals surface area contributed by atoms with E-state index < -0.39 is 0 Å². The van der Waals surface area contributed by atoms with Crippen molar-refractivity contribution in [2.45, 2.75) is 31.1 Å². The van der Waals surface area contributed by atoms with E-state index in [-0.39, 0.29) is 35.2 Å². The molecule has 0 radical (unpaired) electrons. The molecule has 1 aliphatic heterocycles. The van der Waals surface area contributed by atoms with E-state index in [1.165, 1.54) is 17.8 Å². The zero-order valence-corrected chi connectivity index (χ0v) is 13.8. The molecule has 2 atom stereocenters. The SMILES string of the molecule is C[C@@H]1CN(C(=O)CSc2[nH+]c(N)c(C#N)cc2C#N)C[C@H](C)O1. The van der Waals surface area contributed by atoms with Gasteiger partial charge in [-0.1, -0.05) is 11.8 Å². The van der Waals surface area contributed by atoms with Crippen LogP contribution in [0.15, 0.2) is 11.1 Å². The second-order valence-electron chi connectivity index (χ2n) is 5.41. The van der Waals surface area contributed by atoms with Crippen molar-refractivity contribution in [2.75, 3.05) is 24.6 Å². The number of anilines is 1. The van der Waals surface area contributed by atoms with Crippen LogP contribution in [0.1, 0.15) is 25.0 Å². The van der Waals surface area contributed by atoms with Gasteiger partial charge < -0.3 is 9.64 Å². The molecule has 0 aliphatic carbocycles. The number of nitrogens with two attached hydrogens (primary N) is 1. The number of hydrogen-bond donors (Lipinski definition) is 1. The lowest BCUT2D eigenvalue weighted by atomic mass is 10.2. The standard InChI is InChI=1S/C15H17N5O2S/c1-9-6-20(7-10(2)22-9)13(21)8-23-15-12(5-17)3-11(4-16)14(18)19-15/h3,9-10H,6-8H2,1-2H3,(H2,18,19)/p+1/t9-,10+. The first-order chi connectivity index (χ1) is 10.9. The van der Waals surface area contributed by atoms with Crippen LogP contribution in [0.3, 0.4) is 0 Å². The summed E-state index contributed by atoms with van der Waals surface area (Å²) < 4.78 is 5.61. The third-order valence-electron chi connectivity index (χ3n) is 3.42. The summed E-state index contributed by atoms with van der Waals surface area (Å²) in [6, 6.07) is 5.36. The van der Waals surface area contributed by atoms with Crippen LogP contribution in [-0.2, 0) is 9.53 Å². The summed E-state index contributed by atoms with van der Waals surface area (Å²) in [6.07, 6.45) is 0.0268. The first kappa shape index (κ1) is 17.1. The molecule has 1 fully saturated rings. The highest BCUT2D eigenvalue weighted by molar-refractivity contribution is 7.99. The number of thioether (sulfide) groups is 1. The highest BCUT2D eigenvalue weighted by atomic mass is 32.2. The summed E-state index contributed by atoms with van der Waals surface area (Å²) in [7, 11) is 0. The lowest BCUT2D eigenvalue weighted by molar-refractivity contribution is -0.410. The third kappa shape index (κ3) is 4.13. The Morgan fingerprint density at radius 1 is 1.39 bits per heavy atom. The van der Waals surface area contributed by atoms with E-state index in [1.54, 1.807) is 4.90 Å². The molecule has 1 aliphatic rings. The molecule has 120 valence electrons. The lowest BCUT2D eigenvalue weighted by Crippen LogP contribution is -2.48. The van der Waals surface area contributed by atoms with Gasteiger partial charge in [0.25, 0.3) is 5.82 Å². The number of H-pyrrole nitrogens is 1. The molecular weight excluding hydrogens is 314 g/mol. The molecule has 3 N–H and O–H groups in total. The number of nitrogens with zero attached hydrogens (tertiary/aromatic N) is 3. The molecule has 0 bridgehead atoms. The number of nitriles is 2. The number of ether oxygens (including phenoxy) is 1. The molecule has 2 heterocycles. The normalized spacial score (nSPS) is 20.6. The molecule has 1 amide bonds. The van der Waals surface area contributed by atoms with Gasteiger partial charge in [0.05, 0.1) is 18.0 Å². The maximum absolute atomic E-state index is 12.3. The lowest BCUT2D eigenvalue weighted by Gasteiger charge is -2.35. The molecule has 2 rings (SSSR count). The van der Waals surface area contributed by atoms with Crippen molar-refractivity contribution >= 4 is 23.5 Å². The van der Waals surface area contributed by atoms with E-state index >= 15 is 0 Å². The zero-order chi connectivity index (χ0) is 17.0. The Hall–Kier alpha value is -2.29. The van der Waals surface area contributed by atoms with Gasteiger partial charge in [0.2, 0.25) is 5.91 Å². The number of hydrogen-bond acceptors (Lipinski definition) is 6. The number of carbonyl (C=O) groups excluding carboxylic acids is 1. The van der Waals surface area contributed by atoms with E-state index in [0.717, 1.165) is 0 Å². The number of amides is 1. The molecule has 0 spiro atoms. The monoisotopic (exact) mass is 332 g/mol. The van der Waals surface area contributed by atoms with Crippen LogP contribution in [0.5, 0.6) is 0 Å². The fourth-order valence-corrected chi connectivity index (χ4v) is 3.33. The Kier molecular flexibility index (Phi) is 5.43. The largest absolute Gasteiger partial charge is 0.372 e. The smallest absolute Gasteiger partial charge is 0.289 e. The van der Waals surface area contributed by atoms with Crippen LogP contribution in [0, 0.1) is 22.7 Å². The maximum atomic E-state index is 12.3. The summed E-state index contributed by atoms with van der Waals surface area (Å²) in [5.74, 6) is 0.364. The molecule has 1 aromatic heterocycles. The molecular formula is C15H18N5O2S+. The Balaban J connectivity index is 2.06. The first-order valence-corrected chi connectivity index (χ1v) is 8.15. The van der Waals surface area contributed by atoms with E-state index in [2.05, 4.69) is 4.98 Å². The summed E-state index contributed by atoms with van der Waals surface area (Å²) in [6.45, 7) is 5.00. The van der Waals surface area contributed by atoms with Crippen LogP contribution >= 0.6 is 11.8 Å². The van der Waals surface area contributed by atoms with Gasteiger partial charge >= 0.3 is 0 Å². The average Bonchev–Trinajstić information content (AvgIpc) is 2.51. The second-order valence-corrected chi connectivity index (χ2v) is 6.39. The van der Waals surface area contributed by atoms with Crippen LogP contribution < -0.4 is 10.7 Å². The number of aromatic nitrogens is 1. The Morgan fingerprint density at radius 3 is 2.57 bits per heavy atom. The van der Waals surface area contributed by atoms with E-state index in [0.29, 0.717) is 23.7 Å². The van der Waals surface area contributed by atoms with Gasteiger partial charge in [0.15, 0.2) is 5.03 Å². The summed E-state index contributed by atoms with van der Waals surface area (Å²) >= 11 is 1.21. The highest BCUT2D eigenvalue weighted by Crippen LogP contribution is 2.21. The molecule has 0 saturated carbocycles. The average molecular weight is 332 g/mol. The number of pyridine rings is 1. The van der Waals surface area contributed by atoms with Crippen LogP contribution in [0.4, 0.5) is 5.82 Å². The fourth-order valence-electron chi connectivity index (χ4n) is 2.44. The summed E-state index contributed by atoms with van der Waals surface area (Å²) in [4.78, 5) is 16.9. The quantitative estimate of drug-likeness (QED) is 0.808. The zero-order valence-electron chi connectivity index (χ0n) is 13.0. The minimum Gasteiger partial charge on any atom is -0.372 e. The summed E-state index contributed by atoms with van der Waals surface area (Å²) in [5.41, 5.74) is 6.25. The van der Waals surface area contributed by atoms with Gasteiger partial charge in [-0.3, -0.25) is 10.5 Å². The van der Waals surface area contributed by atoms with Crippen molar-refractivity contribution in [1.29, 1.82) is 10.5 Å². The second kappa shape index (κ2) is 7.32. The van der Waals surface area contributed by atoms with Gasteiger partial charge in [-0.05, 0) is 19.9 Å². The highest BCUT2D eigenvalue weighted by Gasteiger charge is 2.26. The van der Waals surface area contributed by atoms with Crippen molar-refractivity contribution < 1.29 is 14.5 Å². The number of nitrogen functional groups attached to an aromatic ring is 1. The molecule has 1 aromatic rings. The molecule has 0 unspecified atom stereocenters. The van der Waals surface area contributed by atoms with Crippen molar-refractivity contribution in [2.24, 2.45) is 0 Å². The molecule has 0 aromatic carbocycles. The number of morpholine rings is 1. The van der Waals surface area contributed by atoms with Gasteiger partial charge in [0, 0.05) is 13.1 Å². The summed E-state index contributed by atoms with van der Waals surface area (Å²) in [5, 5.41) is 18.6. The van der Waals surface area contributed by atoms with Crippen LogP contribution in [0.2, 0.25) is 0 Å². The van der Waals surface area contributed by atoms with Gasteiger partial charge in [-0.15, -0.1) is 0 Å². The van der Waals surface area contributed by atoms with Crippen molar-refractivity contribution in [1.82, 2.24) is 4.90 Å². The van der Waals surface area contributed by atoms with Crippen molar-refractivity contribution in [3.05, 3.63) is 17.2 Å². The number of rotatable bonds is 3. The van der Waals surface area contributed by atoms with Crippen LogP contribution in [0.25, 0.3) is 0 Å². The minimum absolute atomic E-state index is 0.0134. The molecule has 8 heteroatoms. The van der Waals surface area contributed by atoms with E-state index in [4.69, 9.17) is 21.0 Å². The third-order valence-corrected chi connectivity index (χ3v) is 4.43. The Labute approximate surface area is 139 Å². The molecule has 1 saturated heterocycles. The van der Waals surface area contributed by atoms with Crippen molar-refractivity contribution in [3.8, 4) is 12.1 Å². The van der Waals surface area contributed by atoms with Gasteiger partial charge in [-0.2, -0.15) is 10.5 Å². The van der Waals surface area contributed by atoms with Crippen molar-refractivity contribution in [3.63, 3.8) is 0 Å². The van der Waals surface area contributed by atoms with Gasteiger partial charge in [0.1, 0.15) is 23.3 Å². The molecule has 23 heavy (non-hydrogen) atoms. The topological polar surface area (TPSA) is 117 Å². The first-order valence-electron chi connectivity index (χ1n) is 7.16. The predicted octanol–water partition coefficient (Wildman–Crippen LogP) is 0.554. The predicted molar refractivity (Wildman–Crippen MR) is 84.2 cm³/mol. The minimum atomic E-state index is -0.0165. The Bertz CT molecular complexity index is 684. The number of carbonyl (C=O) groups is 1. The van der Waals surface area contributed by atoms with Gasteiger partial charge in [-0.25, -0.2) is 4.98 Å². The molecule has 7 nitrogen and oxygen atoms in total. The number of aromatic amines is 1. The van der Waals surface area contributed by atoms with Crippen LogP contribution in [-0.4, -0.2) is 41.9 Å². The number of nitrogens with one attached hydrogen (secondary N) is 1. The Morgan fingerprint density at radius 2 is 2.00 bits per heavy atom. The van der Waals surface area contributed by atoms with E-state index in [9.17, 15) is 4.79 Å². The fraction of sp³-hybridized carbons (Fsp3) is 0.467. The van der Waals surface area contributed by atoms with E-state index in [1.807, 2.05) is 26.0 Å². The maximum Gasteiger partial charge on any atom is 0.289 e.